The molecule has 0 aliphatic carbocycles. The summed E-state index contributed by atoms with van der Waals surface area (Å²) in [6.07, 6.45) is 0. The van der Waals surface area contributed by atoms with Gasteiger partial charge in [-0.25, -0.2) is 4.98 Å². The topological polar surface area (TPSA) is 48.1 Å². The summed E-state index contributed by atoms with van der Waals surface area (Å²) in [6, 6.07) is 7.97. The second-order valence-corrected chi connectivity index (χ2v) is 4.75. The van der Waals surface area contributed by atoms with Crippen LogP contribution in [0.2, 0.25) is 0 Å². The average molecular weight is 248 g/mol. The maximum atomic E-state index is 5.88. The number of para-hydroxylation sites is 1. The lowest BCUT2D eigenvalue weighted by molar-refractivity contribution is 0.407. The number of ether oxygens (including phenoxy) is 1. The molecule has 1 aromatic carbocycles. The summed E-state index contributed by atoms with van der Waals surface area (Å²) in [7, 11) is 1.68. The molecule has 1 unspecified atom stereocenters. The lowest BCUT2D eigenvalue weighted by Crippen LogP contribution is -2.14. The molecule has 0 fully saturated rings. The van der Waals surface area contributed by atoms with Crippen molar-refractivity contribution in [2.45, 2.75) is 12.8 Å². The summed E-state index contributed by atoms with van der Waals surface area (Å²) in [5, 5.41) is 3.10. The first-order valence-electron chi connectivity index (χ1n) is 5.51. The number of aromatic nitrogens is 1. The van der Waals surface area contributed by atoms with Gasteiger partial charge in [-0.05, 0) is 13.0 Å². The van der Waals surface area contributed by atoms with Crippen LogP contribution in [0.1, 0.15) is 22.2 Å². The summed E-state index contributed by atoms with van der Waals surface area (Å²) in [5.74, 6) is 0.987. The van der Waals surface area contributed by atoms with Crippen LogP contribution in [0.3, 0.4) is 0 Å². The van der Waals surface area contributed by atoms with Crippen molar-refractivity contribution >= 4 is 11.3 Å². The van der Waals surface area contributed by atoms with Gasteiger partial charge in [-0.15, -0.1) is 11.3 Å². The maximum Gasteiger partial charge on any atom is 0.122 e. The normalized spacial score (nSPS) is 12.4. The molecule has 0 radical (unpaired) electrons. The van der Waals surface area contributed by atoms with Crippen LogP contribution in [0, 0.1) is 6.92 Å². The van der Waals surface area contributed by atoms with E-state index < -0.39 is 0 Å². The minimum atomic E-state index is 0.116. The minimum absolute atomic E-state index is 0.116. The van der Waals surface area contributed by atoms with E-state index in [1.807, 2.05) is 36.6 Å². The molecule has 1 heterocycles. The third kappa shape index (κ3) is 2.48. The summed E-state index contributed by atoms with van der Waals surface area (Å²) >= 11 is 1.65. The number of hydrogen-bond donors (Lipinski definition) is 1. The van der Waals surface area contributed by atoms with Crippen LogP contribution in [0.5, 0.6) is 5.75 Å². The zero-order valence-electron chi connectivity index (χ0n) is 10.0. The minimum Gasteiger partial charge on any atom is -0.496 e. The van der Waals surface area contributed by atoms with E-state index >= 15 is 0 Å². The van der Waals surface area contributed by atoms with Crippen molar-refractivity contribution in [3.8, 4) is 5.75 Å². The van der Waals surface area contributed by atoms with Crippen molar-refractivity contribution in [3.63, 3.8) is 0 Å². The highest BCUT2D eigenvalue weighted by atomic mass is 32.1. The Morgan fingerprint density at radius 3 is 2.76 bits per heavy atom. The van der Waals surface area contributed by atoms with Crippen LogP contribution >= 0.6 is 11.3 Å². The van der Waals surface area contributed by atoms with Gasteiger partial charge >= 0.3 is 0 Å². The largest absolute Gasteiger partial charge is 0.496 e. The second kappa shape index (κ2) is 5.29. The number of thiazole rings is 1. The summed E-state index contributed by atoms with van der Waals surface area (Å²) in [5.41, 5.74) is 8.02. The number of benzene rings is 1. The standard InChI is InChI=1S/C13H16N2OS/c1-9-8-17-13(15-9)11(7-14)10-5-3-4-6-12(10)16-2/h3-6,8,11H,7,14H2,1-2H3. The van der Waals surface area contributed by atoms with E-state index in [0.717, 1.165) is 22.0 Å². The molecule has 2 N–H and O–H groups in total. The fourth-order valence-corrected chi connectivity index (χ4v) is 2.78. The molecule has 3 nitrogen and oxygen atoms in total. The Kier molecular flexibility index (Phi) is 3.76. The molecule has 0 aliphatic rings. The van der Waals surface area contributed by atoms with Gasteiger partial charge in [0.2, 0.25) is 0 Å². The average Bonchev–Trinajstić information content (AvgIpc) is 2.77. The van der Waals surface area contributed by atoms with Crippen LogP contribution in [0.25, 0.3) is 0 Å². The van der Waals surface area contributed by atoms with Gasteiger partial charge in [-0.1, -0.05) is 18.2 Å². The van der Waals surface area contributed by atoms with Crippen LogP contribution in [0.15, 0.2) is 29.6 Å². The first kappa shape index (κ1) is 12.1. The van der Waals surface area contributed by atoms with E-state index in [4.69, 9.17) is 10.5 Å². The number of methoxy groups -OCH3 is 1. The van der Waals surface area contributed by atoms with Crippen LogP contribution in [-0.4, -0.2) is 18.6 Å². The molecular formula is C13H16N2OS. The molecule has 0 saturated heterocycles. The third-order valence-electron chi connectivity index (χ3n) is 2.68. The van der Waals surface area contributed by atoms with E-state index in [0.29, 0.717) is 6.54 Å². The van der Waals surface area contributed by atoms with E-state index in [1.165, 1.54) is 0 Å². The second-order valence-electron chi connectivity index (χ2n) is 3.86. The zero-order valence-corrected chi connectivity index (χ0v) is 10.8. The molecule has 2 aromatic rings. The van der Waals surface area contributed by atoms with Gasteiger partial charge in [0.1, 0.15) is 10.8 Å². The van der Waals surface area contributed by atoms with Crippen LogP contribution < -0.4 is 10.5 Å². The zero-order chi connectivity index (χ0) is 12.3. The quantitative estimate of drug-likeness (QED) is 0.904. The lowest BCUT2D eigenvalue weighted by Gasteiger charge is -2.15. The van der Waals surface area contributed by atoms with E-state index in [9.17, 15) is 0 Å². The molecule has 17 heavy (non-hydrogen) atoms. The van der Waals surface area contributed by atoms with Crippen molar-refractivity contribution in [2.24, 2.45) is 5.73 Å². The van der Waals surface area contributed by atoms with Crippen molar-refractivity contribution < 1.29 is 4.74 Å². The number of aryl methyl sites for hydroxylation is 1. The lowest BCUT2D eigenvalue weighted by atomic mass is 9.99. The van der Waals surface area contributed by atoms with Gasteiger partial charge in [-0.3, -0.25) is 0 Å². The van der Waals surface area contributed by atoms with Crippen molar-refractivity contribution in [1.29, 1.82) is 0 Å². The molecule has 2 rings (SSSR count). The van der Waals surface area contributed by atoms with E-state index in [-0.39, 0.29) is 5.92 Å². The van der Waals surface area contributed by atoms with Crippen LogP contribution in [0.4, 0.5) is 0 Å². The SMILES string of the molecule is COc1ccccc1C(CN)c1nc(C)cs1. The molecule has 0 amide bonds. The molecule has 4 heteroatoms. The summed E-state index contributed by atoms with van der Waals surface area (Å²) < 4.78 is 5.38. The Hall–Kier alpha value is -1.39. The number of hydrogen-bond acceptors (Lipinski definition) is 4. The fourth-order valence-electron chi connectivity index (χ4n) is 1.85. The predicted octanol–water partition coefficient (Wildman–Crippen LogP) is 2.55. The highest BCUT2D eigenvalue weighted by Crippen LogP contribution is 2.32. The molecule has 0 spiro atoms. The summed E-state index contributed by atoms with van der Waals surface area (Å²) in [6.45, 7) is 2.53. The van der Waals surface area contributed by atoms with Gasteiger partial charge in [0.15, 0.2) is 0 Å². The first-order valence-corrected chi connectivity index (χ1v) is 6.39. The molecule has 0 bridgehead atoms. The molecule has 0 saturated carbocycles. The Balaban J connectivity index is 2.41. The van der Waals surface area contributed by atoms with E-state index in [1.54, 1.807) is 18.4 Å². The Bertz CT molecular complexity index is 496. The molecular weight excluding hydrogens is 232 g/mol. The van der Waals surface area contributed by atoms with Gasteiger partial charge in [-0.2, -0.15) is 0 Å². The van der Waals surface area contributed by atoms with Crippen molar-refractivity contribution in [1.82, 2.24) is 4.98 Å². The van der Waals surface area contributed by atoms with Crippen LogP contribution in [-0.2, 0) is 0 Å². The van der Waals surface area contributed by atoms with Gasteiger partial charge in [0.25, 0.3) is 0 Å². The monoisotopic (exact) mass is 248 g/mol. The maximum absolute atomic E-state index is 5.88. The van der Waals surface area contributed by atoms with Gasteiger partial charge in [0, 0.05) is 23.2 Å². The Morgan fingerprint density at radius 1 is 1.41 bits per heavy atom. The predicted molar refractivity (Wildman–Crippen MR) is 70.7 cm³/mol. The number of rotatable bonds is 4. The van der Waals surface area contributed by atoms with Crippen molar-refractivity contribution in [3.05, 3.63) is 45.9 Å². The first-order chi connectivity index (χ1) is 8.26. The summed E-state index contributed by atoms with van der Waals surface area (Å²) in [4.78, 5) is 4.52. The number of nitrogens with two attached hydrogens (primary N) is 1. The molecule has 1 aromatic heterocycles. The Morgan fingerprint density at radius 2 is 2.18 bits per heavy atom. The fraction of sp³-hybridized carbons (Fsp3) is 0.308. The van der Waals surface area contributed by atoms with Crippen molar-refractivity contribution in [2.75, 3.05) is 13.7 Å². The highest BCUT2D eigenvalue weighted by molar-refractivity contribution is 7.09. The van der Waals surface area contributed by atoms with E-state index in [2.05, 4.69) is 4.98 Å². The van der Waals surface area contributed by atoms with Gasteiger partial charge in [0.05, 0.1) is 13.0 Å². The highest BCUT2D eigenvalue weighted by Gasteiger charge is 2.19. The molecule has 0 aliphatic heterocycles. The Labute approximate surface area is 105 Å². The smallest absolute Gasteiger partial charge is 0.122 e. The van der Waals surface area contributed by atoms with Gasteiger partial charge < -0.3 is 10.5 Å². The molecule has 90 valence electrons. The third-order valence-corrected chi connectivity index (χ3v) is 3.76. The molecule has 1 atom stereocenters. The number of nitrogens with zero attached hydrogens (tertiary/aromatic N) is 1.